The Balaban J connectivity index is 2.11. The molecule has 2 aliphatic rings. The molecule has 3 rings (SSSR count). The first-order valence-corrected chi connectivity index (χ1v) is 6.17. The summed E-state index contributed by atoms with van der Waals surface area (Å²) in [6.07, 6.45) is 7.24. The molecule has 0 aliphatic heterocycles. The molecule has 0 unspecified atom stereocenters. The van der Waals surface area contributed by atoms with Crippen molar-refractivity contribution in [2.45, 2.75) is 38.5 Å². The summed E-state index contributed by atoms with van der Waals surface area (Å²) in [6, 6.07) is 8.37. The van der Waals surface area contributed by atoms with Crippen LogP contribution >= 0.6 is 0 Å². The van der Waals surface area contributed by atoms with Crippen LogP contribution < -0.4 is 0 Å². The van der Waals surface area contributed by atoms with Gasteiger partial charge in [-0.15, -0.1) is 0 Å². The van der Waals surface area contributed by atoms with Gasteiger partial charge in [0.2, 0.25) is 0 Å². The topological polar surface area (TPSA) is 32.6 Å². The van der Waals surface area contributed by atoms with Crippen molar-refractivity contribution < 1.29 is 5.21 Å². The lowest BCUT2D eigenvalue weighted by atomic mass is 9.69. The number of hydrogen-bond acceptors (Lipinski definition) is 2. The lowest BCUT2D eigenvalue weighted by Gasteiger charge is -2.35. The summed E-state index contributed by atoms with van der Waals surface area (Å²) in [5, 5.41) is 13.0. The summed E-state index contributed by atoms with van der Waals surface area (Å²) in [5.41, 5.74) is 3.65. The van der Waals surface area contributed by atoms with Gasteiger partial charge in [-0.2, -0.15) is 0 Å². The van der Waals surface area contributed by atoms with E-state index in [2.05, 4.69) is 23.4 Å². The van der Waals surface area contributed by atoms with E-state index in [0.717, 1.165) is 18.6 Å². The molecule has 1 fully saturated rings. The fourth-order valence-electron chi connectivity index (χ4n) is 3.45. The molecule has 1 aromatic carbocycles. The van der Waals surface area contributed by atoms with Crippen LogP contribution in [0.5, 0.6) is 0 Å². The first-order valence-electron chi connectivity index (χ1n) is 6.17. The Bertz CT molecular complexity index is 430. The molecular formula is C14H17NO. The average Bonchev–Trinajstić information content (AvgIpc) is 2.78. The molecule has 1 N–H and O–H groups in total. The Morgan fingerprint density at radius 1 is 1.06 bits per heavy atom. The fourth-order valence-corrected chi connectivity index (χ4v) is 3.45. The van der Waals surface area contributed by atoms with Crippen molar-refractivity contribution in [3.05, 3.63) is 35.4 Å². The van der Waals surface area contributed by atoms with Gasteiger partial charge in [0.1, 0.15) is 0 Å². The second-order valence-electron chi connectivity index (χ2n) is 5.09. The van der Waals surface area contributed by atoms with Gasteiger partial charge in [0, 0.05) is 11.0 Å². The predicted octanol–water partition coefficient (Wildman–Crippen LogP) is 3.37. The van der Waals surface area contributed by atoms with Crippen LogP contribution in [0.25, 0.3) is 0 Å². The van der Waals surface area contributed by atoms with E-state index in [-0.39, 0.29) is 5.41 Å². The molecule has 1 aromatic rings. The van der Waals surface area contributed by atoms with E-state index in [1.54, 1.807) is 0 Å². The minimum atomic E-state index is 0.184. The predicted molar refractivity (Wildman–Crippen MR) is 64.0 cm³/mol. The molecule has 16 heavy (non-hydrogen) atoms. The molecule has 2 nitrogen and oxygen atoms in total. The second kappa shape index (κ2) is 3.62. The van der Waals surface area contributed by atoms with Gasteiger partial charge in [0.05, 0.1) is 5.71 Å². The Kier molecular flexibility index (Phi) is 2.23. The monoisotopic (exact) mass is 215 g/mol. The fraction of sp³-hybridized carbons (Fsp3) is 0.500. The van der Waals surface area contributed by atoms with Crippen molar-refractivity contribution in [1.82, 2.24) is 0 Å². The number of oxime groups is 1. The van der Waals surface area contributed by atoms with E-state index >= 15 is 0 Å². The average molecular weight is 215 g/mol. The van der Waals surface area contributed by atoms with Gasteiger partial charge in [0.15, 0.2) is 0 Å². The van der Waals surface area contributed by atoms with Gasteiger partial charge in [-0.05, 0) is 31.2 Å². The zero-order chi connectivity index (χ0) is 11.0. The summed E-state index contributed by atoms with van der Waals surface area (Å²) in [5.74, 6) is 0. The number of benzene rings is 1. The smallest absolute Gasteiger partial charge is 0.0932 e. The van der Waals surface area contributed by atoms with Crippen LogP contribution in [0.2, 0.25) is 0 Å². The Labute approximate surface area is 96.0 Å². The lowest BCUT2D eigenvalue weighted by Crippen LogP contribution is -2.34. The third-order valence-electron chi connectivity index (χ3n) is 4.31. The first kappa shape index (κ1) is 9.88. The van der Waals surface area contributed by atoms with Gasteiger partial charge < -0.3 is 5.21 Å². The maximum absolute atomic E-state index is 9.35. The molecule has 0 aromatic heterocycles. The normalized spacial score (nSPS) is 24.9. The summed E-state index contributed by atoms with van der Waals surface area (Å²) in [4.78, 5) is 0. The van der Waals surface area contributed by atoms with Crippen LogP contribution in [0.4, 0.5) is 0 Å². The molecular weight excluding hydrogens is 198 g/mol. The Hall–Kier alpha value is -1.31. The van der Waals surface area contributed by atoms with E-state index in [1.807, 2.05) is 6.07 Å². The van der Waals surface area contributed by atoms with Crippen LogP contribution in [0.3, 0.4) is 0 Å². The molecule has 1 spiro atoms. The van der Waals surface area contributed by atoms with Crippen molar-refractivity contribution >= 4 is 5.71 Å². The van der Waals surface area contributed by atoms with Gasteiger partial charge in [-0.3, -0.25) is 0 Å². The van der Waals surface area contributed by atoms with E-state index in [4.69, 9.17) is 0 Å². The molecule has 1 saturated carbocycles. The minimum absolute atomic E-state index is 0.184. The van der Waals surface area contributed by atoms with Gasteiger partial charge >= 0.3 is 0 Å². The number of rotatable bonds is 0. The minimum Gasteiger partial charge on any atom is -0.411 e. The van der Waals surface area contributed by atoms with Crippen molar-refractivity contribution in [1.29, 1.82) is 0 Å². The number of nitrogens with zero attached hydrogens (tertiary/aromatic N) is 1. The Morgan fingerprint density at radius 2 is 1.81 bits per heavy atom. The van der Waals surface area contributed by atoms with Gasteiger partial charge in [-0.25, -0.2) is 0 Å². The number of hydrogen-bond donors (Lipinski definition) is 1. The molecule has 84 valence electrons. The first-order chi connectivity index (χ1) is 7.86. The number of aryl methyl sites for hydroxylation is 1. The summed E-state index contributed by atoms with van der Waals surface area (Å²) >= 11 is 0. The molecule has 0 amide bonds. The van der Waals surface area contributed by atoms with Crippen LogP contribution in [-0.2, 0) is 6.42 Å². The molecule has 0 radical (unpaired) electrons. The molecule has 0 heterocycles. The highest BCUT2D eigenvalue weighted by Crippen LogP contribution is 2.47. The molecule has 2 heteroatoms. The zero-order valence-electron chi connectivity index (χ0n) is 9.45. The molecule has 0 saturated heterocycles. The van der Waals surface area contributed by atoms with Crippen LogP contribution in [0, 0.1) is 5.41 Å². The van der Waals surface area contributed by atoms with Crippen molar-refractivity contribution in [3.8, 4) is 0 Å². The van der Waals surface area contributed by atoms with Gasteiger partial charge in [0.25, 0.3) is 0 Å². The van der Waals surface area contributed by atoms with Crippen LogP contribution in [0.1, 0.15) is 43.2 Å². The standard InChI is InChI=1S/C14H17NO/c16-15-13-12-6-2-1-5-11(12)7-10-14(13)8-3-4-9-14/h1-2,5-6,16H,3-4,7-10H2/b15-13+. The number of fused-ring (bicyclic) bond motifs is 1. The van der Waals surface area contributed by atoms with Crippen LogP contribution in [-0.4, -0.2) is 10.9 Å². The van der Waals surface area contributed by atoms with E-state index < -0.39 is 0 Å². The maximum Gasteiger partial charge on any atom is 0.0932 e. The maximum atomic E-state index is 9.35. The highest BCUT2D eigenvalue weighted by molar-refractivity contribution is 6.06. The lowest BCUT2D eigenvalue weighted by molar-refractivity contribution is 0.297. The summed E-state index contributed by atoms with van der Waals surface area (Å²) < 4.78 is 0. The van der Waals surface area contributed by atoms with Crippen molar-refractivity contribution in [2.75, 3.05) is 0 Å². The largest absolute Gasteiger partial charge is 0.411 e. The zero-order valence-corrected chi connectivity index (χ0v) is 9.45. The van der Waals surface area contributed by atoms with E-state index in [1.165, 1.54) is 36.8 Å². The van der Waals surface area contributed by atoms with E-state index in [9.17, 15) is 5.21 Å². The SMILES string of the molecule is O/N=C1\c2ccccc2CCC12CCCC2. The summed E-state index contributed by atoms with van der Waals surface area (Å²) in [6.45, 7) is 0. The molecule has 0 bridgehead atoms. The molecule has 2 aliphatic carbocycles. The van der Waals surface area contributed by atoms with Crippen LogP contribution in [0.15, 0.2) is 29.4 Å². The third-order valence-corrected chi connectivity index (χ3v) is 4.31. The van der Waals surface area contributed by atoms with Crippen molar-refractivity contribution in [2.24, 2.45) is 10.6 Å². The molecule has 0 atom stereocenters. The van der Waals surface area contributed by atoms with Crippen molar-refractivity contribution in [3.63, 3.8) is 0 Å². The third kappa shape index (κ3) is 1.29. The summed E-state index contributed by atoms with van der Waals surface area (Å²) in [7, 11) is 0. The second-order valence-corrected chi connectivity index (χ2v) is 5.09. The highest BCUT2D eigenvalue weighted by Gasteiger charge is 2.42. The van der Waals surface area contributed by atoms with E-state index in [0.29, 0.717) is 0 Å². The quantitative estimate of drug-likeness (QED) is 0.522. The Morgan fingerprint density at radius 3 is 2.56 bits per heavy atom. The highest BCUT2D eigenvalue weighted by atomic mass is 16.4. The van der Waals surface area contributed by atoms with Gasteiger partial charge in [-0.1, -0.05) is 42.3 Å².